The fraction of sp³-hybridized carbons (Fsp3) is 0.611. The van der Waals surface area contributed by atoms with Gasteiger partial charge in [-0.15, -0.1) is 11.3 Å². The number of hydrogen-bond acceptors (Lipinski definition) is 6. The molecule has 2 bridgehead atoms. The van der Waals surface area contributed by atoms with Crippen LogP contribution in [0.5, 0.6) is 0 Å². The molecule has 0 spiro atoms. The highest BCUT2D eigenvalue weighted by molar-refractivity contribution is 7.17. The summed E-state index contributed by atoms with van der Waals surface area (Å²) in [5.74, 6) is -1.62. The minimum Gasteiger partial charge on any atom is -0.465 e. The maximum Gasteiger partial charge on any atom is 0.341 e. The van der Waals surface area contributed by atoms with E-state index in [2.05, 4.69) is 0 Å². The van der Waals surface area contributed by atoms with Crippen LogP contribution in [-0.2, 0) is 31.9 Å². The van der Waals surface area contributed by atoms with Gasteiger partial charge in [0, 0.05) is 4.88 Å². The van der Waals surface area contributed by atoms with Gasteiger partial charge in [0.2, 0.25) is 11.8 Å². The van der Waals surface area contributed by atoms with E-state index in [1.54, 1.807) is 0 Å². The number of carbonyl (C=O) groups is 3. The Bertz CT molecular complexity index is 772. The number of anilines is 1. The van der Waals surface area contributed by atoms with Crippen LogP contribution in [0.25, 0.3) is 0 Å². The van der Waals surface area contributed by atoms with Crippen molar-refractivity contribution in [2.45, 2.75) is 50.7 Å². The highest BCUT2D eigenvalue weighted by Crippen LogP contribution is 2.51. The van der Waals surface area contributed by atoms with Crippen LogP contribution in [0.4, 0.5) is 5.00 Å². The number of imide groups is 1. The maximum atomic E-state index is 13.0. The number of rotatable bonds is 2. The summed E-state index contributed by atoms with van der Waals surface area (Å²) in [6.07, 6.45) is 5.15. The molecule has 6 nitrogen and oxygen atoms in total. The number of amides is 2. The van der Waals surface area contributed by atoms with Crippen molar-refractivity contribution in [3.63, 3.8) is 0 Å². The lowest BCUT2D eigenvalue weighted by Gasteiger charge is -2.17. The van der Waals surface area contributed by atoms with E-state index in [1.165, 1.54) is 23.3 Å². The smallest absolute Gasteiger partial charge is 0.341 e. The fourth-order valence-electron chi connectivity index (χ4n) is 4.93. The molecule has 0 radical (unpaired) electrons. The summed E-state index contributed by atoms with van der Waals surface area (Å²) in [5, 5.41) is 0.475. The van der Waals surface area contributed by atoms with Gasteiger partial charge in [-0.2, -0.15) is 0 Å². The first-order valence-electron chi connectivity index (χ1n) is 8.88. The number of ether oxygens (including phenoxy) is 2. The first-order valence-corrected chi connectivity index (χ1v) is 9.69. The predicted octanol–water partition coefficient (Wildman–Crippen LogP) is 2.08. The second kappa shape index (κ2) is 5.38. The second-order valence-electron chi connectivity index (χ2n) is 7.24. The van der Waals surface area contributed by atoms with Crippen LogP contribution in [-0.4, -0.2) is 37.1 Å². The molecule has 4 aliphatic rings. The summed E-state index contributed by atoms with van der Waals surface area (Å²) in [7, 11) is 1.34. The molecule has 7 heteroatoms. The average Bonchev–Trinajstić information content (AvgIpc) is 3.36. The number of hydrogen-bond donors (Lipinski definition) is 0. The largest absolute Gasteiger partial charge is 0.465 e. The molecule has 3 saturated heterocycles. The highest BCUT2D eigenvalue weighted by atomic mass is 32.1. The Morgan fingerprint density at radius 2 is 1.76 bits per heavy atom. The molecule has 4 atom stereocenters. The van der Waals surface area contributed by atoms with Crippen LogP contribution in [0.1, 0.15) is 46.5 Å². The zero-order chi connectivity index (χ0) is 17.3. The molecule has 1 aliphatic carbocycles. The SMILES string of the molecule is COC(=O)c1c(N2C(=O)[C@@H]3[C@H](C2=O)[C@H]2CC[C@@H]3O2)sc2c1CCCC2. The van der Waals surface area contributed by atoms with E-state index in [-0.39, 0.29) is 35.9 Å². The first-order chi connectivity index (χ1) is 12.1. The van der Waals surface area contributed by atoms with Gasteiger partial charge >= 0.3 is 5.97 Å². The normalized spacial score (nSPS) is 32.9. The number of nitrogens with zero attached hydrogens (tertiary/aromatic N) is 1. The van der Waals surface area contributed by atoms with Crippen molar-refractivity contribution in [2.75, 3.05) is 12.0 Å². The molecule has 25 heavy (non-hydrogen) atoms. The van der Waals surface area contributed by atoms with Crippen molar-refractivity contribution in [1.82, 2.24) is 0 Å². The van der Waals surface area contributed by atoms with Crippen molar-refractivity contribution in [3.05, 3.63) is 16.0 Å². The average molecular weight is 361 g/mol. The third-order valence-electron chi connectivity index (χ3n) is 6.03. The molecule has 1 aromatic rings. The van der Waals surface area contributed by atoms with Crippen molar-refractivity contribution >= 4 is 34.1 Å². The topological polar surface area (TPSA) is 72.9 Å². The lowest BCUT2D eigenvalue weighted by molar-refractivity contribution is -0.124. The van der Waals surface area contributed by atoms with Crippen LogP contribution in [0.15, 0.2) is 0 Å². The summed E-state index contributed by atoms with van der Waals surface area (Å²) in [6, 6.07) is 0. The van der Waals surface area contributed by atoms with Crippen LogP contribution in [0.2, 0.25) is 0 Å². The highest BCUT2D eigenvalue weighted by Gasteiger charge is 2.63. The standard InChI is InChI=1S/C18H19NO5S/c1-23-18(22)12-8-4-2-3-5-11(8)25-17(12)19-15(20)13-9-6-7-10(24-9)14(13)16(19)21/h9-10,13-14H,2-7H2,1H3/t9-,10+,13-,14+. The van der Waals surface area contributed by atoms with Gasteiger partial charge < -0.3 is 9.47 Å². The minimum absolute atomic E-state index is 0.146. The summed E-state index contributed by atoms with van der Waals surface area (Å²) in [4.78, 5) is 40.9. The number of carbonyl (C=O) groups excluding carboxylic acids is 3. The van der Waals surface area contributed by atoms with Gasteiger partial charge in [0.05, 0.1) is 36.7 Å². The zero-order valence-corrected chi connectivity index (χ0v) is 14.8. The summed E-state index contributed by atoms with van der Waals surface area (Å²) in [5.41, 5.74) is 1.40. The molecule has 3 aliphatic heterocycles. The van der Waals surface area contributed by atoms with Gasteiger partial charge in [-0.25, -0.2) is 9.69 Å². The molecule has 0 saturated carbocycles. The number of aryl methyl sites for hydroxylation is 1. The monoisotopic (exact) mass is 361 g/mol. The van der Waals surface area contributed by atoms with E-state index in [0.29, 0.717) is 10.6 Å². The van der Waals surface area contributed by atoms with Crippen molar-refractivity contribution in [2.24, 2.45) is 11.8 Å². The third-order valence-corrected chi connectivity index (χ3v) is 7.31. The maximum absolute atomic E-state index is 13.0. The first kappa shape index (κ1) is 15.5. The Morgan fingerprint density at radius 1 is 1.12 bits per heavy atom. The van der Waals surface area contributed by atoms with E-state index >= 15 is 0 Å². The molecule has 0 aromatic carbocycles. The summed E-state index contributed by atoms with van der Waals surface area (Å²) in [6.45, 7) is 0. The summed E-state index contributed by atoms with van der Waals surface area (Å²) >= 11 is 1.41. The van der Waals surface area contributed by atoms with Crippen molar-refractivity contribution in [1.29, 1.82) is 0 Å². The Kier molecular flexibility index (Phi) is 3.34. The van der Waals surface area contributed by atoms with E-state index in [4.69, 9.17) is 9.47 Å². The predicted molar refractivity (Wildman–Crippen MR) is 89.7 cm³/mol. The number of fused-ring (bicyclic) bond motifs is 6. The lowest BCUT2D eigenvalue weighted by Crippen LogP contribution is -2.34. The van der Waals surface area contributed by atoms with Crippen LogP contribution in [0, 0.1) is 11.8 Å². The van der Waals surface area contributed by atoms with Gasteiger partial charge in [-0.3, -0.25) is 9.59 Å². The molecule has 1 aromatic heterocycles. The molecule has 0 unspecified atom stereocenters. The molecule has 5 rings (SSSR count). The van der Waals surface area contributed by atoms with E-state index < -0.39 is 5.97 Å². The second-order valence-corrected chi connectivity index (χ2v) is 8.32. The molecular weight excluding hydrogens is 342 g/mol. The van der Waals surface area contributed by atoms with E-state index in [9.17, 15) is 14.4 Å². The number of methoxy groups -OCH3 is 1. The van der Waals surface area contributed by atoms with Crippen molar-refractivity contribution < 1.29 is 23.9 Å². The number of esters is 1. The Morgan fingerprint density at radius 3 is 2.40 bits per heavy atom. The molecule has 0 N–H and O–H groups in total. The van der Waals surface area contributed by atoms with Gasteiger partial charge in [0.1, 0.15) is 5.00 Å². The lowest BCUT2D eigenvalue weighted by atomic mass is 9.81. The fourth-order valence-corrected chi connectivity index (χ4v) is 6.32. The molecular formula is C18H19NO5S. The molecule has 132 valence electrons. The zero-order valence-electron chi connectivity index (χ0n) is 13.9. The van der Waals surface area contributed by atoms with Gasteiger partial charge in [-0.05, 0) is 44.1 Å². The Balaban J connectivity index is 1.62. The van der Waals surface area contributed by atoms with Crippen LogP contribution >= 0.6 is 11.3 Å². The third kappa shape index (κ3) is 1.96. The van der Waals surface area contributed by atoms with Gasteiger partial charge in [0.25, 0.3) is 0 Å². The van der Waals surface area contributed by atoms with Gasteiger partial charge in [-0.1, -0.05) is 0 Å². The molecule has 4 heterocycles. The van der Waals surface area contributed by atoms with Crippen LogP contribution in [0.3, 0.4) is 0 Å². The molecule has 3 fully saturated rings. The van der Waals surface area contributed by atoms with Gasteiger partial charge in [0.15, 0.2) is 0 Å². The number of thiophene rings is 1. The summed E-state index contributed by atoms with van der Waals surface area (Å²) < 4.78 is 10.8. The van der Waals surface area contributed by atoms with E-state index in [0.717, 1.165) is 49.0 Å². The van der Waals surface area contributed by atoms with E-state index in [1.807, 2.05) is 0 Å². The van der Waals surface area contributed by atoms with Crippen molar-refractivity contribution in [3.8, 4) is 0 Å². The Hall–Kier alpha value is -1.73. The molecule has 2 amide bonds. The minimum atomic E-state index is -0.453. The Labute approximate surface area is 149 Å². The quantitative estimate of drug-likeness (QED) is 0.596. The van der Waals surface area contributed by atoms with Crippen LogP contribution < -0.4 is 4.90 Å².